The van der Waals surface area contributed by atoms with Crippen LogP contribution in [-0.2, 0) is 0 Å². The Morgan fingerprint density at radius 2 is 1.83 bits per heavy atom. The number of nitriles is 1. The minimum absolute atomic E-state index is 0.235. The molecule has 0 saturated carbocycles. The summed E-state index contributed by atoms with van der Waals surface area (Å²) in [7, 11) is 0. The van der Waals surface area contributed by atoms with Crippen LogP contribution in [0.25, 0.3) is 5.65 Å². The Kier molecular flexibility index (Phi) is 4.83. The maximum absolute atomic E-state index is 9.99. The molecule has 0 fully saturated rings. The second kappa shape index (κ2) is 7.08. The number of halogens is 2. The Morgan fingerprint density at radius 1 is 1.14 bits per heavy atom. The van der Waals surface area contributed by atoms with Crippen LogP contribution in [0.2, 0.25) is 0 Å². The molecule has 8 heteroatoms. The highest BCUT2D eigenvalue weighted by Crippen LogP contribution is 2.38. The van der Waals surface area contributed by atoms with Gasteiger partial charge in [-0.3, -0.25) is 4.40 Å². The van der Waals surface area contributed by atoms with Crippen LogP contribution in [0.5, 0.6) is 0 Å². The molecule has 6 nitrogen and oxygen atoms in total. The Hall–Kier alpha value is -2.50. The number of aryl methyl sites for hydroxylation is 1. The van der Waals surface area contributed by atoms with Crippen molar-refractivity contribution in [2.45, 2.75) is 27.7 Å². The number of pyridine rings is 1. The molecule has 0 bridgehead atoms. The van der Waals surface area contributed by atoms with Gasteiger partial charge < -0.3 is 5.32 Å². The van der Waals surface area contributed by atoms with Crippen LogP contribution in [0.15, 0.2) is 49.3 Å². The summed E-state index contributed by atoms with van der Waals surface area (Å²) in [5, 5.41) is 13.3. The van der Waals surface area contributed by atoms with Crippen LogP contribution in [-0.4, -0.2) is 15.2 Å². The number of rotatable bonds is 1. The summed E-state index contributed by atoms with van der Waals surface area (Å²) in [4.78, 5) is 14.1. The van der Waals surface area contributed by atoms with Crippen molar-refractivity contribution in [1.29, 1.82) is 5.26 Å². The fourth-order valence-corrected chi connectivity index (χ4v) is 4.29. The molecule has 1 N–H and O–H groups in total. The molecule has 3 aromatic rings. The molecular formula is C21H18Br2N6. The lowest BCUT2D eigenvalue weighted by atomic mass is 9.94. The SMILES string of the molecule is Cc1ccc(N=c2nc3c(Br)cc(Br)c4n3c(c2C#N)NC(C(C)(C)C)=N4)cc1. The standard InChI is InChI=1S/C21H18Br2N6/c1-11-5-7-12(8-6-11)25-16-13(10-24)17-27-20(21(2,3)4)28-19-15(23)9-14(22)18(26-16)29(17)19/h5-9H,1-4H3,(H,27,28). The first-order chi connectivity index (χ1) is 13.7. The molecule has 0 unspecified atom stereocenters. The molecule has 0 atom stereocenters. The number of benzene rings is 1. The van der Waals surface area contributed by atoms with Gasteiger partial charge in [-0.2, -0.15) is 5.26 Å². The third kappa shape index (κ3) is 3.49. The Bertz CT molecular complexity index is 1290. The van der Waals surface area contributed by atoms with E-state index >= 15 is 0 Å². The predicted octanol–water partition coefficient (Wildman–Crippen LogP) is 5.77. The van der Waals surface area contributed by atoms with E-state index in [-0.39, 0.29) is 5.41 Å². The van der Waals surface area contributed by atoms with E-state index < -0.39 is 0 Å². The lowest BCUT2D eigenvalue weighted by Gasteiger charge is -2.29. The van der Waals surface area contributed by atoms with Crippen LogP contribution < -0.4 is 10.8 Å². The Morgan fingerprint density at radius 3 is 2.45 bits per heavy atom. The maximum Gasteiger partial charge on any atom is 0.176 e. The molecule has 0 aliphatic carbocycles. The van der Waals surface area contributed by atoms with E-state index in [9.17, 15) is 5.26 Å². The molecule has 146 valence electrons. The summed E-state index contributed by atoms with van der Waals surface area (Å²) < 4.78 is 3.42. The molecule has 3 heterocycles. The number of anilines is 1. The van der Waals surface area contributed by atoms with Crippen molar-refractivity contribution in [3.05, 3.63) is 55.9 Å². The third-order valence-corrected chi connectivity index (χ3v) is 5.71. The highest BCUT2D eigenvalue weighted by atomic mass is 79.9. The van der Waals surface area contributed by atoms with Gasteiger partial charge in [0.05, 0.1) is 14.6 Å². The fourth-order valence-electron chi connectivity index (χ4n) is 2.99. The molecule has 1 aliphatic rings. The van der Waals surface area contributed by atoms with E-state index in [0.29, 0.717) is 28.3 Å². The monoisotopic (exact) mass is 512 g/mol. The molecular weight excluding hydrogens is 496 g/mol. The second-order valence-corrected chi connectivity index (χ2v) is 9.59. The largest absolute Gasteiger partial charge is 0.328 e. The van der Waals surface area contributed by atoms with Crippen molar-refractivity contribution in [1.82, 2.24) is 9.38 Å². The van der Waals surface area contributed by atoms with Crippen LogP contribution in [0, 0.1) is 23.7 Å². The van der Waals surface area contributed by atoms with Gasteiger partial charge in [-0.15, -0.1) is 0 Å². The predicted molar refractivity (Wildman–Crippen MR) is 122 cm³/mol. The number of nitrogens with one attached hydrogen (secondary N) is 1. The smallest absolute Gasteiger partial charge is 0.176 e. The highest BCUT2D eigenvalue weighted by molar-refractivity contribution is 9.11. The lowest BCUT2D eigenvalue weighted by molar-refractivity contribution is 0.587. The zero-order valence-corrected chi connectivity index (χ0v) is 19.6. The van der Waals surface area contributed by atoms with Gasteiger partial charge in [0.25, 0.3) is 0 Å². The molecule has 0 spiro atoms. The molecule has 0 radical (unpaired) electrons. The summed E-state index contributed by atoms with van der Waals surface area (Å²) in [5.41, 5.74) is 3.01. The number of aromatic nitrogens is 2. The normalized spacial score (nSPS) is 13.8. The van der Waals surface area contributed by atoms with Crippen LogP contribution in [0.4, 0.5) is 17.3 Å². The quantitative estimate of drug-likeness (QED) is 0.448. The number of amidine groups is 1. The Balaban J connectivity index is 2.11. The molecule has 0 saturated heterocycles. The second-order valence-electron chi connectivity index (χ2n) is 7.88. The van der Waals surface area contributed by atoms with Gasteiger partial charge in [-0.1, -0.05) is 38.5 Å². The average molecular weight is 514 g/mol. The average Bonchev–Trinajstić information content (AvgIpc) is 2.66. The van der Waals surface area contributed by atoms with Crippen molar-refractivity contribution in [3.8, 4) is 6.07 Å². The van der Waals surface area contributed by atoms with Gasteiger partial charge in [0, 0.05) is 5.41 Å². The van der Waals surface area contributed by atoms with Gasteiger partial charge in [0.15, 0.2) is 17.0 Å². The van der Waals surface area contributed by atoms with Crippen LogP contribution in [0.3, 0.4) is 0 Å². The number of hydrogen-bond acceptors (Lipinski definition) is 5. The van der Waals surface area contributed by atoms with Gasteiger partial charge in [-0.05, 0) is 57.0 Å². The van der Waals surface area contributed by atoms with Crippen molar-refractivity contribution in [2.24, 2.45) is 15.4 Å². The molecule has 0 amide bonds. The first kappa shape index (κ1) is 19.8. The zero-order chi connectivity index (χ0) is 20.9. The maximum atomic E-state index is 9.99. The van der Waals surface area contributed by atoms with Gasteiger partial charge in [0.2, 0.25) is 0 Å². The first-order valence-electron chi connectivity index (χ1n) is 9.01. The summed E-state index contributed by atoms with van der Waals surface area (Å²) in [5.74, 6) is 2.07. The highest BCUT2D eigenvalue weighted by Gasteiger charge is 2.28. The van der Waals surface area contributed by atoms with E-state index in [1.54, 1.807) is 0 Å². The summed E-state index contributed by atoms with van der Waals surface area (Å²) in [6.07, 6.45) is 0. The van der Waals surface area contributed by atoms with Gasteiger partial charge >= 0.3 is 0 Å². The third-order valence-electron chi connectivity index (χ3n) is 4.55. The molecule has 29 heavy (non-hydrogen) atoms. The number of aliphatic imine (C=N–C) groups is 1. The fraction of sp³-hybridized carbons (Fsp3) is 0.238. The van der Waals surface area contributed by atoms with Crippen LogP contribution in [0.1, 0.15) is 31.9 Å². The van der Waals surface area contributed by atoms with Crippen molar-refractivity contribution in [3.63, 3.8) is 0 Å². The van der Waals surface area contributed by atoms with Crippen molar-refractivity contribution < 1.29 is 0 Å². The number of nitrogens with zero attached hydrogens (tertiary/aromatic N) is 5. The summed E-state index contributed by atoms with van der Waals surface area (Å²) in [6.45, 7) is 8.24. The molecule has 1 aromatic carbocycles. The van der Waals surface area contributed by atoms with E-state index in [1.165, 1.54) is 0 Å². The summed E-state index contributed by atoms with van der Waals surface area (Å²) in [6, 6.07) is 12.0. The van der Waals surface area contributed by atoms with Crippen molar-refractivity contribution in [2.75, 3.05) is 5.32 Å². The van der Waals surface area contributed by atoms with E-state index in [1.807, 2.05) is 41.7 Å². The lowest BCUT2D eigenvalue weighted by Crippen LogP contribution is -2.33. The van der Waals surface area contributed by atoms with Gasteiger partial charge in [-0.25, -0.2) is 15.0 Å². The molecule has 2 aromatic heterocycles. The minimum Gasteiger partial charge on any atom is -0.328 e. The van der Waals surface area contributed by atoms with Crippen molar-refractivity contribution >= 4 is 60.7 Å². The molecule has 1 aliphatic heterocycles. The number of hydrogen-bond donors (Lipinski definition) is 1. The zero-order valence-electron chi connectivity index (χ0n) is 16.4. The Labute approximate surface area is 185 Å². The van der Waals surface area contributed by atoms with Gasteiger partial charge in [0.1, 0.15) is 23.3 Å². The first-order valence-corrected chi connectivity index (χ1v) is 10.6. The van der Waals surface area contributed by atoms with E-state index in [0.717, 1.165) is 26.0 Å². The van der Waals surface area contributed by atoms with E-state index in [2.05, 4.69) is 69.0 Å². The minimum atomic E-state index is -0.235. The summed E-state index contributed by atoms with van der Waals surface area (Å²) >= 11 is 7.18. The van der Waals surface area contributed by atoms with E-state index in [4.69, 9.17) is 9.98 Å². The topological polar surface area (TPSA) is 77.8 Å². The van der Waals surface area contributed by atoms with Crippen LogP contribution >= 0.6 is 31.9 Å². The molecule has 4 rings (SSSR count).